The van der Waals surface area contributed by atoms with Gasteiger partial charge in [0.05, 0.1) is 6.04 Å². The van der Waals surface area contributed by atoms with Gasteiger partial charge in [0.15, 0.2) is 0 Å². The fourth-order valence-corrected chi connectivity index (χ4v) is 4.57. The average Bonchev–Trinajstić information content (AvgIpc) is 3.45. The van der Waals surface area contributed by atoms with Gasteiger partial charge >= 0.3 is 6.03 Å². The maximum absolute atomic E-state index is 13.0. The fraction of sp³-hybridized carbons (Fsp3) is 0.304. The minimum absolute atomic E-state index is 0.149. The summed E-state index contributed by atoms with van der Waals surface area (Å²) in [6, 6.07) is 15.1. The molecule has 8 heteroatoms. The van der Waals surface area contributed by atoms with Crippen molar-refractivity contribution in [1.82, 2.24) is 15.1 Å². The van der Waals surface area contributed by atoms with Gasteiger partial charge in [0.2, 0.25) is 5.01 Å². The summed E-state index contributed by atoms with van der Waals surface area (Å²) in [6.45, 7) is 4.70. The molecule has 1 unspecified atom stereocenters. The molecule has 4 rings (SSSR count). The van der Waals surface area contributed by atoms with E-state index < -0.39 is 0 Å². The van der Waals surface area contributed by atoms with Crippen molar-refractivity contribution in [3.63, 3.8) is 0 Å². The average molecular weight is 436 g/mol. The molecule has 3 amide bonds. The topological polar surface area (TPSA) is 87.2 Å². The van der Waals surface area contributed by atoms with Crippen molar-refractivity contribution < 1.29 is 9.59 Å². The van der Waals surface area contributed by atoms with Crippen molar-refractivity contribution >= 4 is 34.6 Å². The Morgan fingerprint density at radius 2 is 1.87 bits per heavy atom. The van der Waals surface area contributed by atoms with Crippen molar-refractivity contribution in [3.05, 3.63) is 69.7 Å². The lowest BCUT2D eigenvalue weighted by Crippen LogP contribution is -2.34. The number of urea groups is 1. The first kappa shape index (κ1) is 21.0. The smallest absolute Gasteiger partial charge is 0.320 e. The molecule has 2 N–H and O–H groups in total. The number of carbonyl (C=O) groups excluding carboxylic acids is 2. The van der Waals surface area contributed by atoms with Gasteiger partial charge in [0.1, 0.15) is 5.01 Å². The van der Waals surface area contributed by atoms with E-state index in [9.17, 15) is 9.59 Å². The number of rotatable bonds is 5. The Kier molecular flexibility index (Phi) is 6.27. The van der Waals surface area contributed by atoms with Crippen LogP contribution in [-0.2, 0) is 6.42 Å². The molecule has 0 spiro atoms. The molecule has 0 saturated carbocycles. The van der Waals surface area contributed by atoms with Crippen molar-refractivity contribution in [2.75, 3.05) is 17.2 Å². The number of hydrogen-bond donors (Lipinski definition) is 2. The second kappa shape index (κ2) is 9.26. The second-order valence-electron chi connectivity index (χ2n) is 7.56. The number of nitrogens with zero attached hydrogens (tertiary/aromatic N) is 3. The number of amides is 3. The van der Waals surface area contributed by atoms with E-state index in [1.165, 1.54) is 11.3 Å². The number of likely N-dealkylation sites (tertiary alicyclic amines) is 1. The van der Waals surface area contributed by atoms with Crippen molar-refractivity contribution in [1.29, 1.82) is 0 Å². The molecule has 1 fully saturated rings. The summed E-state index contributed by atoms with van der Waals surface area (Å²) in [4.78, 5) is 27.3. The Morgan fingerprint density at radius 3 is 2.65 bits per heavy atom. The van der Waals surface area contributed by atoms with Crippen molar-refractivity contribution in [2.24, 2.45) is 0 Å². The number of aryl methyl sites for hydroxylation is 2. The van der Waals surface area contributed by atoms with Gasteiger partial charge < -0.3 is 15.5 Å². The second-order valence-corrected chi connectivity index (χ2v) is 8.57. The lowest BCUT2D eigenvalue weighted by molar-refractivity contribution is 0.102. The van der Waals surface area contributed by atoms with E-state index in [0.717, 1.165) is 36.1 Å². The van der Waals surface area contributed by atoms with Crippen LogP contribution in [0.5, 0.6) is 0 Å². The van der Waals surface area contributed by atoms with Gasteiger partial charge in [-0.1, -0.05) is 54.2 Å². The van der Waals surface area contributed by atoms with Gasteiger partial charge in [-0.25, -0.2) is 4.79 Å². The summed E-state index contributed by atoms with van der Waals surface area (Å²) in [7, 11) is 0. The number of carbonyl (C=O) groups is 2. The first-order valence-electron chi connectivity index (χ1n) is 10.4. The Bertz CT molecular complexity index is 1080. The molecule has 31 heavy (non-hydrogen) atoms. The molecule has 1 saturated heterocycles. The zero-order valence-corrected chi connectivity index (χ0v) is 18.4. The molecular formula is C23H25N5O2S. The maximum atomic E-state index is 13.0. The van der Waals surface area contributed by atoms with Gasteiger partial charge in [0.25, 0.3) is 5.91 Å². The molecule has 1 aliphatic rings. The molecule has 1 aliphatic heterocycles. The molecule has 1 aromatic heterocycles. The molecule has 3 aromatic rings. The van der Waals surface area contributed by atoms with E-state index in [1.54, 1.807) is 4.90 Å². The van der Waals surface area contributed by atoms with Crippen LogP contribution in [0.1, 0.15) is 51.7 Å². The van der Waals surface area contributed by atoms with Crippen LogP contribution in [0.25, 0.3) is 0 Å². The first-order chi connectivity index (χ1) is 15.0. The molecule has 0 radical (unpaired) electrons. The van der Waals surface area contributed by atoms with E-state index in [-0.39, 0.29) is 18.0 Å². The van der Waals surface area contributed by atoms with Crippen LogP contribution in [-0.4, -0.2) is 33.6 Å². The molecular weight excluding hydrogens is 410 g/mol. The van der Waals surface area contributed by atoms with E-state index >= 15 is 0 Å². The van der Waals surface area contributed by atoms with Crippen LogP contribution in [0, 0.1) is 6.92 Å². The number of nitrogens with one attached hydrogen (secondary N) is 2. The summed E-state index contributed by atoms with van der Waals surface area (Å²) in [5.41, 5.74) is 3.76. The summed E-state index contributed by atoms with van der Waals surface area (Å²) in [6.07, 6.45) is 2.53. The van der Waals surface area contributed by atoms with Crippen molar-refractivity contribution in [3.8, 4) is 0 Å². The van der Waals surface area contributed by atoms with Crippen molar-refractivity contribution in [2.45, 2.75) is 39.2 Å². The number of hydrogen-bond acceptors (Lipinski definition) is 5. The number of para-hydroxylation sites is 1. The van der Waals surface area contributed by atoms with Gasteiger partial charge in [-0.3, -0.25) is 4.79 Å². The standard InChI is InChI=1S/C23H25N5O2S/c1-3-16-7-4-5-8-18(16)25-23(30)28-14-6-9-19(28)21-26-27-22(31-21)20(29)24-17-12-10-15(2)11-13-17/h4-5,7-8,10-13,19H,3,6,9,14H2,1-2H3,(H,24,29)(H,25,30). The lowest BCUT2D eigenvalue weighted by atomic mass is 10.1. The summed E-state index contributed by atoms with van der Waals surface area (Å²) in [5.74, 6) is -0.293. The third kappa shape index (κ3) is 4.74. The monoisotopic (exact) mass is 435 g/mol. The largest absolute Gasteiger partial charge is 0.322 e. The van der Waals surface area contributed by atoms with Crippen LogP contribution in [0.4, 0.5) is 16.2 Å². The van der Waals surface area contributed by atoms with E-state index in [2.05, 4.69) is 27.8 Å². The van der Waals surface area contributed by atoms with Gasteiger partial charge in [-0.05, 0) is 49.9 Å². The number of aromatic nitrogens is 2. The SMILES string of the molecule is CCc1ccccc1NC(=O)N1CCCC1c1nnc(C(=O)Nc2ccc(C)cc2)s1. The van der Waals surface area contributed by atoms with Crippen LogP contribution >= 0.6 is 11.3 Å². The Balaban J connectivity index is 1.45. The highest BCUT2D eigenvalue weighted by Crippen LogP contribution is 2.34. The summed E-state index contributed by atoms with van der Waals surface area (Å²) in [5, 5.41) is 15.2. The predicted octanol–water partition coefficient (Wildman–Crippen LogP) is 5.03. The van der Waals surface area contributed by atoms with E-state index in [1.807, 2.05) is 55.5 Å². The number of benzene rings is 2. The Labute approximate surface area is 185 Å². The quantitative estimate of drug-likeness (QED) is 0.588. The predicted molar refractivity (Wildman–Crippen MR) is 123 cm³/mol. The minimum atomic E-state index is -0.293. The number of anilines is 2. The lowest BCUT2D eigenvalue weighted by Gasteiger charge is -2.23. The summed E-state index contributed by atoms with van der Waals surface area (Å²) < 4.78 is 0. The van der Waals surface area contributed by atoms with Crippen LogP contribution in [0.15, 0.2) is 48.5 Å². The fourth-order valence-electron chi connectivity index (χ4n) is 3.69. The highest BCUT2D eigenvalue weighted by molar-refractivity contribution is 7.13. The molecule has 0 bridgehead atoms. The van der Waals surface area contributed by atoms with E-state index in [4.69, 9.17) is 0 Å². The normalized spacial score (nSPS) is 15.7. The molecule has 0 aliphatic carbocycles. The third-order valence-corrected chi connectivity index (χ3v) is 6.41. The zero-order valence-electron chi connectivity index (χ0n) is 17.6. The maximum Gasteiger partial charge on any atom is 0.322 e. The van der Waals surface area contributed by atoms with Gasteiger partial charge in [0, 0.05) is 17.9 Å². The zero-order chi connectivity index (χ0) is 21.8. The highest BCUT2D eigenvalue weighted by Gasteiger charge is 2.33. The highest BCUT2D eigenvalue weighted by atomic mass is 32.1. The molecule has 7 nitrogen and oxygen atoms in total. The van der Waals surface area contributed by atoms with E-state index in [0.29, 0.717) is 22.2 Å². The summed E-state index contributed by atoms with van der Waals surface area (Å²) >= 11 is 1.24. The van der Waals surface area contributed by atoms with Gasteiger partial charge in [-0.15, -0.1) is 10.2 Å². The Hall–Kier alpha value is -3.26. The van der Waals surface area contributed by atoms with Crippen LogP contribution < -0.4 is 10.6 Å². The minimum Gasteiger partial charge on any atom is -0.320 e. The molecule has 1 atom stereocenters. The Morgan fingerprint density at radius 1 is 1.10 bits per heavy atom. The molecule has 2 aromatic carbocycles. The van der Waals surface area contributed by atoms with Crippen LogP contribution in [0.3, 0.4) is 0 Å². The van der Waals surface area contributed by atoms with Gasteiger partial charge in [-0.2, -0.15) is 0 Å². The van der Waals surface area contributed by atoms with Crippen LogP contribution in [0.2, 0.25) is 0 Å². The molecule has 2 heterocycles. The first-order valence-corrected chi connectivity index (χ1v) is 11.2. The third-order valence-electron chi connectivity index (χ3n) is 5.38. The molecule has 160 valence electrons.